The Labute approximate surface area is 93.9 Å². The van der Waals surface area contributed by atoms with Crippen molar-refractivity contribution < 1.29 is 27.1 Å². The maximum absolute atomic E-state index is 13.5. The van der Waals surface area contributed by atoms with E-state index >= 15 is 0 Å². The van der Waals surface area contributed by atoms with Gasteiger partial charge in [0.05, 0.1) is 11.2 Å². The zero-order chi connectivity index (χ0) is 12.8. The molecule has 0 spiro atoms. The Balaban J connectivity index is 2.50. The molecule has 1 aliphatic carbocycles. The van der Waals surface area contributed by atoms with Gasteiger partial charge in [-0.25, -0.2) is 8.78 Å². The number of hydrogen-bond acceptors (Lipinski definition) is 1. The van der Waals surface area contributed by atoms with Crippen molar-refractivity contribution in [1.82, 2.24) is 0 Å². The van der Waals surface area contributed by atoms with Crippen LogP contribution in [-0.4, -0.2) is 5.11 Å². The van der Waals surface area contributed by atoms with E-state index in [0.717, 1.165) is 6.07 Å². The highest BCUT2D eigenvalue weighted by molar-refractivity contribution is 5.33. The molecule has 0 aromatic heterocycles. The van der Waals surface area contributed by atoms with Crippen molar-refractivity contribution in [2.45, 2.75) is 31.0 Å². The molecule has 1 nitrogen and oxygen atoms in total. The Morgan fingerprint density at radius 3 is 2.06 bits per heavy atom. The first kappa shape index (κ1) is 12.3. The summed E-state index contributed by atoms with van der Waals surface area (Å²) in [6.45, 7) is 0. The Hall–Kier alpha value is -1.17. The van der Waals surface area contributed by atoms with E-state index in [4.69, 9.17) is 0 Å². The molecule has 0 bridgehead atoms. The van der Waals surface area contributed by atoms with E-state index < -0.39 is 34.5 Å². The normalized spacial score (nSPS) is 18.9. The molecule has 94 valence electrons. The van der Waals surface area contributed by atoms with Crippen LogP contribution in [0.25, 0.3) is 0 Å². The monoisotopic (exact) mass is 252 g/mol. The third-order valence-electron chi connectivity index (χ3n) is 3.07. The van der Waals surface area contributed by atoms with Gasteiger partial charge >= 0.3 is 6.18 Å². The number of benzene rings is 1. The van der Waals surface area contributed by atoms with Crippen molar-refractivity contribution in [2.24, 2.45) is 0 Å². The van der Waals surface area contributed by atoms with Crippen LogP contribution < -0.4 is 0 Å². The number of alkyl halides is 3. The number of rotatable bonds is 1. The molecular formula is C11H9F5O. The van der Waals surface area contributed by atoms with Crippen LogP contribution in [-0.2, 0) is 11.8 Å². The predicted molar refractivity (Wildman–Crippen MR) is 49.1 cm³/mol. The molecule has 0 heterocycles. The standard InChI is InChI=1S/C11H9F5O/c12-8-6(10(17)4-1-5-10)2-3-7(9(8)13)11(14,15)16/h2-3,17H,1,4-5H2. The van der Waals surface area contributed by atoms with Crippen molar-refractivity contribution in [3.63, 3.8) is 0 Å². The molecule has 2 rings (SSSR count). The SMILES string of the molecule is OC1(c2ccc(C(F)(F)F)c(F)c2F)CCC1. The van der Waals surface area contributed by atoms with E-state index in [2.05, 4.69) is 0 Å². The number of aliphatic hydroxyl groups is 1. The molecule has 1 aromatic rings. The maximum Gasteiger partial charge on any atom is 0.419 e. The smallest absolute Gasteiger partial charge is 0.385 e. The first-order valence-electron chi connectivity index (χ1n) is 5.04. The van der Waals surface area contributed by atoms with Gasteiger partial charge in [0.25, 0.3) is 0 Å². The van der Waals surface area contributed by atoms with Crippen molar-refractivity contribution >= 4 is 0 Å². The van der Waals surface area contributed by atoms with Crippen LogP contribution in [0.1, 0.15) is 30.4 Å². The fraction of sp³-hybridized carbons (Fsp3) is 0.455. The lowest BCUT2D eigenvalue weighted by molar-refractivity contribution is -0.140. The van der Waals surface area contributed by atoms with Crippen LogP contribution in [0.2, 0.25) is 0 Å². The van der Waals surface area contributed by atoms with Crippen molar-refractivity contribution in [3.8, 4) is 0 Å². The second-order valence-corrected chi connectivity index (χ2v) is 4.17. The first-order valence-corrected chi connectivity index (χ1v) is 5.04. The average molecular weight is 252 g/mol. The molecule has 1 aliphatic rings. The summed E-state index contributed by atoms with van der Waals surface area (Å²) in [4.78, 5) is 0. The Bertz CT molecular complexity index is 448. The molecule has 0 saturated heterocycles. The van der Waals surface area contributed by atoms with Crippen molar-refractivity contribution in [2.75, 3.05) is 0 Å². The second-order valence-electron chi connectivity index (χ2n) is 4.17. The average Bonchev–Trinajstić information content (AvgIpc) is 2.16. The lowest BCUT2D eigenvalue weighted by Gasteiger charge is -2.37. The van der Waals surface area contributed by atoms with Gasteiger partial charge < -0.3 is 5.11 Å². The molecule has 0 radical (unpaired) electrons. The molecule has 6 heteroatoms. The molecule has 0 atom stereocenters. The fourth-order valence-corrected chi connectivity index (χ4v) is 1.91. The van der Waals surface area contributed by atoms with Crippen LogP contribution >= 0.6 is 0 Å². The van der Waals surface area contributed by atoms with Gasteiger partial charge in [-0.15, -0.1) is 0 Å². The third kappa shape index (κ3) is 1.90. The van der Waals surface area contributed by atoms with Gasteiger partial charge in [0.2, 0.25) is 0 Å². The van der Waals surface area contributed by atoms with E-state index in [1.165, 1.54) is 0 Å². The molecule has 1 aromatic carbocycles. The summed E-state index contributed by atoms with van der Waals surface area (Å²) >= 11 is 0. The summed E-state index contributed by atoms with van der Waals surface area (Å²) in [5.74, 6) is -3.56. The molecule has 0 aliphatic heterocycles. The Morgan fingerprint density at radius 1 is 1.06 bits per heavy atom. The lowest BCUT2D eigenvalue weighted by atomic mass is 9.74. The van der Waals surface area contributed by atoms with E-state index in [1.807, 2.05) is 0 Å². The summed E-state index contributed by atoms with van der Waals surface area (Å²) in [7, 11) is 0. The summed E-state index contributed by atoms with van der Waals surface area (Å²) in [5.41, 5.74) is -3.56. The van der Waals surface area contributed by atoms with Gasteiger partial charge in [-0.3, -0.25) is 0 Å². The Kier molecular flexibility index (Phi) is 2.65. The van der Waals surface area contributed by atoms with Gasteiger partial charge in [0, 0.05) is 5.56 Å². The second kappa shape index (κ2) is 3.66. The van der Waals surface area contributed by atoms with Crippen LogP contribution in [0.4, 0.5) is 22.0 Å². The summed E-state index contributed by atoms with van der Waals surface area (Å²) in [6.07, 6.45) is -3.84. The van der Waals surface area contributed by atoms with Gasteiger partial charge in [0.15, 0.2) is 11.6 Å². The van der Waals surface area contributed by atoms with Crippen molar-refractivity contribution in [3.05, 3.63) is 34.9 Å². The molecule has 1 saturated carbocycles. The van der Waals surface area contributed by atoms with Gasteiger partial charge in [0.1, 0.15) is 0 Å². The molecule has 0 unspecified atom stereocenters. The quantitative estimate of drug-likeness (QED) is 0.760. The minimum Gasteiger partial charge on any atom is -0.385 e. The predicted octanol–water partition coefficient (Wildman–Crippen LogP) is 3.36. The van der Waals surface area contributed by atoms with E-state index in [1.54, 1.807) is 0 Å². The molecular weight excluding hydrogens is 243 g/mol. The summed E-state index contributed by atoms with van der Waals surface area (Å²) in [5, 5.41) is 9.79. The minimum atomic E-state index is -4.94. The zero-order valence-electron chi connectivity index (χ0n) is 8.61. The summed E-state index contributed by atoms with van der Waals surface area (Å²) < 4.78 is 63.6. The highest BCUT2D eigenvalue weighted by Gasteiger charge is 2.42. The Morgan fingerprint density at radius 2 is 1.65 bits per heavy atom. The number of halogens is 5. The summed E-state index contributed by atoms with van der Waals surface area (Å²) in [6, 6.07) is 1.27. The fourth-order valence-electron chi connectivity index (χ4n) is 1.91. The highest BCUT2D eigenvalue weighted by atomic mass is 19.4. The molecule has 1 fully saturated rings. The van der Waals surface area contributed by atoms with Gasteiger partial charge in [-0.05, 0) is 25.3 Å². The zero-order valence-corrected chi connectivity index (χ0v) is 8.61. The maximum atomic E-state index is 13.5. The lowest BCUT2D eigenvalue weighted by Crippen LogP contribution is -2.35. The minimum absolute atomic E-state index is 0.231. The highest BCUT2D eigenvalue weighted by Crippen LogP contribution is 2.44. The van der Waals surface area contributed by atoms with E-state index in [-0.39, 0.29) is 12.8 Å². The van der Waals surface area contributed by atoms with Crippen LogP contribution in [0, 0.1) is 11.6 Å². The van der Waals surface area contributed by atoms with Gasteiger partial charge in [-0.2, -0.15) is 13.2 Å². The topological polar surface area (TPSA) is 20.2 Å². The number of hydrogen-bond donors (Lipinski definition) is 1. The molecule has 17 heavy (non-hydrogen) atoms. The van der Waals surface area contributed by atoms with E-state index in [0.29, 0.717) is 12.5 Å². The third-order valence-corrected chi connectivity index (χ3v) is 3.07. The largest absolute Gasteiger partial charge is 0.419 e. The molecule has 1 N–H and O–H groups in total. The first-order chi connectivity index (χ1) is 7.76. The molecule has 0 amide bonds. The van der Waals surface area contributed by atoms with Crippen LogP contribution in [0.3, 0.4) is 0 Å². The van der Waals surface area contributed by atoms with Crippen LogP contribution in [0.15, 0.2) is 12.1 Å². The van der Waals surface area contributed by atoms with Crippen LogP contribution in [0.5, 0.6) is 0 Å². The van der Waals surface area contributed by atoms with Gasteiger partial charge in [-0.1, -0.05) is 6.07 Å². The van der Waals surface area contributed by atoms with Crippen molar-refractivity contribution in [1.29, 1.82) is 0 Å². The van der Waals surface area contributed by atoms with E-state index in [9.17, 15) is 27.1 Å².